The van der Waals surface area contributed by atoms with E-state index in [9.17, 15) is 18.0 Å². The monoisotopic (exact) mass is 314 g/mol. The van der Waals surface area contributed by atoms with E-state index < -0.39 is 33.2 Å². The number of anilines is 1. The molecule has 0 unspecified atom stereocenters. The van der Waals surface area contributed by atoms with Crippen LogP contribution in [0, 0.1) is 0 Å². The summed E-state index contributed by atoms with van der Waals surface area (Å²) in [5, 5.41) is 2.45. The first-order valence-electron chi connectivity index (χ1n) is 6.31. The Labute approximate surface area is 123 Å². The fourth-order valence-electron chi connectivity index (χ4n) is 1.61. The van der Waals surface area contributed by atoms with E-state index >= 15 is 0 Å². The van der Waals surface area contributed by atoms with E-state index in [0.717, 1.165) is 5.56 Å². The maximum Gasteiger partial charge on any atom is 0.321 e. The van der Waals surface area contributed by atoms with Gasteiger partial charge >= 0.3 is 5.97 Å². The minimum atomic E-state index is -3.85. The molecule has 1 aromatic carbocycles. The summed E-state index contributed by atoms with van der Waals surface area (Å²) in [5.41, 5.74) is 6.74. The van der Waals surface area contributed by atoms with Gasteiger partial charge in [-0.25, -0.2) is 8.42 Å². The van der Waals surface area contributed by atoms with E-state index in [1.54, 1.807) is 31.2 Å². The van der Waals surface area contributed by atoms with E-state index in [1.807, 2.05) is 0 Å². The molecular formula is C13H18N2O5S. The number of carbonyl (C=O) groups excluding carboxylic acids is 2. The predicted octanol–water partition coefficient (Wildman–Crippen LogP) is 0.0617. The molecule has 0 aliphatic heterocycles. The minimum absolute atomic E-state index is 0.0897. The number of amides is 1. The second-order valence-electron chi connectivity index (χ2n) is 4.29. The number of hydrogen-bond acceptors (Lipinski definition) is 6. The van der Waals surface area contributed by atoms with Gasteiger partial charge in [-0.2, -0.15) is 0 Å². The number of carbonyl (C=O) groups is 2. The van der Waals surface area contributed by atoms with Gasteiger partial charge in [0, 0.05) is 12.2 Å². The highest BCUT2D eigenvalue weighted by atomic mass is 32.2. The summed E-state index contributed by atoms with van der Waals surface area (Å²) in [6.45, 7) is 1.97. The van der Waals surface area contributed by atoms with E-state index in [0.29, 0.717) is 12.2 Å². The van der Waals surface area contributed by atoms with Gasteiger partial charge in [0.15, 0.2) is 9.84 Å². The van der Waals surface area contributed by atoms with Crippen LogP contribution >= 0.6 is 0 Å². The van der Waals surface area contributed by atoms with Gasteiger partial charge in [0.05, 0.1) is 6.61 Å². The van der Waals surface area contributed by atoms with Crippen molar-refractivity contribution in [1.82, 2.24) is 0 Å². The summed E-state index contributed by atoms with van der Waals surface area (Å²) in [6, 6.07) is 6.75. The molecule has 0 aromatic heterocycles. The summed E-state index contributed by atoms with van der Waals surface area (Å²) in [5.74, 6) is -3.17. The normalized spacial score (nSPS) is 11.0. The lowest BCUT2D eigenvalue weighted by atomic mass is 10.2. The Balaban J connectivity index is 2.61. The summed E-state index contributed by atoms with van der Waals surface area (Å²) >= 11 is 0. The maximum absolute atomic E-state index is 11.7. The molecule has 116 valence electrons. The van der Waals surface area contributed by atoms with Gasteiger partial charge < -0.3 is 15.8 Å². The number of benzene rings is 1. The lowest BCUT2D eigenvalue weighted by Crippen LogP contribution is -2.28. The third-order valence-corrected chi connectivity index (χ3v) is 3.82. The fraction of sp³-hybridized carbons (Fsp3) is 0.385. The van der Waals surface area contributed by atoms with Crippen LogP contribution in [0.3, 0.4) is 0 Å². The van der Waals surface area contributed by atoms with Gasteiger partial charge in [0.2, 0.25) is 5.91 Å². The van der Waals surface area contributed by atoms with Gasteiger partial charge in [-0.05, 0) is 24.6 Å². The molecule has 1 aromatic rings. The van der Waals surface area contributed by atoms with Crippen molar-refractivity contribution >= 4 is 27.4 Å². The molecule has 0 aliphatic carbocycles. The van der Waals surface area contributed by atoms with Crippen molar-refractivity contribution in [2.24, 2.45) is 5.73 Å². The van der Waals surface area contributed by atoms with Crippen LogP contribution < -0.4 is 11.1 Å². The Morgan fingerprint density at radius 2 is 2.00 bits per heavy atom. The maximum atomic E-state index is 11.7. The molecule has 0 bridgehead atoms. The number of hydrogen-bond donors (Lipinski definition) is 2. The molecule has 1 rings (SSSR count). The molecule has 7 nitrogen and oxygen atoms in total. The number of rotatable bonds is 7. The van der Waals surface area contributed by atoms with Crippen LogP contribution in [0.2, 0.25) is 0 Å². The predicted molar refractivity (Wildman–Crippen MR) is 78.2 cm³/mol. The van der Waals surface area contributed by atoms with E-state index in [1.165, 1.54) is 0 Å². The fourth-order valence-corrected chi connectivity index (χ4v) is 2.62. The molecule has 0 radical (unpaired) electrons. The van der Waals surface area contributed by atoms with E-state index in [-0.39, 0.29) is 6.61 Å². The highest BCUT2D eigenvalue weighted by molar-refractivity contribution is 7.92. The van der Waals surface area contributed by atoms with Gasteiger partial charge in [0.25, 0.3) is 0 Å². The zero-order valence-electron chi connectivity index (χ0n) is 11.7. The Morgan fingerprint density at radius 3 is 2.62 bits per heavy atom. The van der Waals surface area contributed by atoms with E-state index in [2.05, 4.69) is 10.1 Å². The topological polar surface area (TPSA) is 116 Å². The van der Waals surface area contributed by atoms with Crippen molar-refractivity contribution in [3.63, 3.8) is 0 Å². The minimum Gasteiger partial charge on any atom is -0.465 e. The molecule has 21 heavy (non-hydrogen) atoms. The second-order valence-corrected chi connectivity index (χ2v) is 6.35. The molecular weight excluding hydrogens is 296 g/mol. The first-order chi connectivity index (χ1) is 9.86. The van der Waals surface area contributed by atoms with Crippen molar-refractivity contribution in [1.29, 1.82) is 0 Å². The molecule has 3 N–H and O–H groups in total. The van der Waals surface area contributed by atoms with Crippen LogP contribution in [-0.4, -0.2) is 38.4 Å². The number of sulfone groups is 1. The average Bonchev–Trinajstić information content (AvgIpc) is 2.37. The summed E-state index contributed by atoms with van der Waals surface area (Å²) in [6.07, 6.45) is 0. The molecule has 0 atom stereocenters. The first-order valence-corrected chi connectivity index (χ1v) is 8.13. The van der Waals surface area contributed by atoms with Crippen molar-refractivity contribution in [3.05, 3.63) is 29.8 Å². The standard InChI is InChI=1S/C13H18N2O5S/c1-2-20-13(17)9-21(18,19)8-12(16)15-11-5-3-4-10(6-11)7-14/h3-6H,2,7-9,14H2,1H3,(H,15,16). The Bertz CT molecular complexity index is 613. The quantitative estimate of drug-likeness (QED) is 0.688. The third-order valence-electron chi connectivity index (χ3n) is 2.44. The number of nitrogens with two attached hydrogens (primary N) is 1. The molecule has 0 spiro atoms. The third kappa shape index (κ3) is 6.37. The van der Waals surface area contributed by atoms with Crippen molar-refractivity contribution in [2.45, 2.75) is 13.5 Å². The summed E-state index contributed by atoms with van der Waals surface area (Å²) < 4.78 is 27.9. The molecule has 0 fully saturated rings. The smallest absolute Gasteiger partial charge is 0.321 e. The Hall–Kier alpha value is -1.93. The molecule has 0 aliphatic rings. The highest BCUT2D eigenvalue weighted by Crippen LogP contribution is 2.10. The van der Waals surface area contributed by atoms with Crippen LogP contribution in [-0.2, 0) is 30.7 Å². The molecule has 8 heteroatoms. The van der Waals surface area contributed by atoms with Gasteiger partial charge in [-0.15, -0.1) is 0 Å². The molecule has 0 heterocycles. The number of ether oxygens (including phenoxy) is 1. The highest BCUT2D eigenvalue weighted by Gasteiger charge is 2.21. The lowest BCUT2D eigenvalue weighted by Gasteiger charge is -2.07. The van der Waals surface area contributed by atoms with Crippen molar-refractivity contribution < 1.29 is 22.7 Å². The second kappa shape index (κ2) is 7.75. The molecule has 0 saturated heterocycles. The van der Waals surface area contributed by atoms with Crippen LogP contribution in [0.4, 0.5) is 5.69 Å². The number of esters is 1. The largest absolute Gasteiger partial charge is 0.465 e. The van der Waals surface area contributed by atoms with Gasteiger partial charge in [-0.3, -0.25) is 9.59 Å². The van der Waals surface area contributed by atoms with E-state index in [4.69, 9.17) is 5.73 Å². The first kappa shape index (κ1) is 17.1. The van der Waals surface area contributed by atoms with Crippen LogP contribution in [0.25, 0.3) is 0 Å². The molecule has 0 saturated carbocycles. The van der Waals surface area contributed by atoms with Gasteiger partial charge in [-0.1, -0.05) is 12.1 Å². The Morgan fingerprint density at radius 1 is 1.29 bits per heavy atom. The lowest BCUT2D eigenvalue weighted by molar-refractivity contribution is -0.139. The zero-order valence-corrected chi connectivity index (χ0v) is 12.5. The SMILES string of the molecule is CCOC(=O)CS(=O)(=O)CC(=O)Nc1cccc(CN)c1. The van der Waals surface area contributed by atoms with Crippen molar-refractivity contribution in [3.8, 4) is 0 Å². The van der Waals surface area contributed by atoms with Crippen LogP contribution in [0.5, 0.6) is 0 Å². The van der Waals surface area contributed by atoms with Crippen molar-refractivity contribution in [2.75, 3.05) is 23.4 Å². The zero-order chi connectivity index (χ0) is 15.9. The van der Waals surface area contributed by atoms with Crippen LogP contribution in [0.1, 0.15) is 12.5 Å². The van der Waals surface area contributed by atoms with Crippen LogP contribution in [0.15, 0.2) is 24.3 Å². The van der Waals surface area contributed by atoms with Gasteiger partial charge in [0.1, 0.15) is 11.5 Å². The Kier molecular flexibility index (Phi) is 6.32. The molecule has 1 amide bonds. The number of nitrogens with one attached hydrogen (secondary N) is 1. The summed E-state index contributed by atoms with van der Waals surface area (Å²) in [4.78, 5) is 22.8. The summed E-state index contributed by atoms with van der Waals surface area (Å²) in [7, 11) is -3.85. The average molecular weight is 314 g/mol.